The van der Waals surface area contributed by atoms with Gasteiger partial charge in [0.25, 0.3) is 0 Å². The van der Waals surface area contributed by atoms with Crippen molar-refractivity contribution in [2.75, 3.05) is 5.32 Å². The number of nitrogens with zero attached hydrogens (tertiary/aromatic N) is 1. The number of pyridine rings is 1. The van der Waals surface area contributed by atoms with E-state index >= 15 is 0 Å². The zero-order chi connectivity index (χ0) is 12.4. The van der Waals surface area contributed by atoms with E-state index in [1.165, 1.54) is 10.9 Å². The van der Waals surface area contributed by atoms with E-state index in [2.05, 4.69) is 27.4 Å². The molecule has 0 spiro atoms. The summed E-state index contributed by atoms with van der Waals surface area (Å²) in [5.74, 6) is 0. The summed E-state index contributed by atoms with van der Waals surface area (Å²) in [4.78, 5) is 7.30. The van der Waals surface area contributed by atoms with Crippen LogP contribution >= 0.6 is 11.6 Å². The average Bonchev–Trinajstić information content (AvgIpc) is 2.81. The molecule has 4 heteroatoms. The first-order valence-corrected chi connectivity index (χ1v) is 6.11. The monoisotopic (exact) mass is 257 g/mol. The summed E-state index contributed by atoms with van der Waals surface area (Å²) in [6.45, 7) is 0.718. The molecule has 0 radical (unpaired) electrons. The predicted molar refractivity (Wildman–Crippen MR) is 74.9 cm³/mol. The first kappa shape index (κ1) is 11.1. The second-order valence-corrected chi connectivity index (χ2v) is 4.48. The summed E-state index contributed by atoms with van der Waals surface area (Å²) in [6, 6.07) is 10.0. The number of aromatic amines is 1. The normalized spacial score (nSPS) is 10.7. The van der Waals surface area contributed by atoms with E-state index in [-0.39, 0.29) is 0 Å². The van der Waals surface area contributed by atoms with E-state index in [0.29, 0.717) is 5.02 Å². The molecule has 0 fully saturated rings. The van der Waals surface area contributed by atoms with Crippen LogP contribution in [0.3, 0.4) is 0 Å². The molecule has 2 heterocycles. The zero-order valence-corrected chi connectivity index (χ0v) is 10.4. The second kappa shape index (κ2) is 4.70. The quantitative estimate of drug-likeness (QED) is 0.749. The minimum atomic E-state index is 0.685. The van der Waals surface area contributed by atoms with E-state index in [0.717, 1.165) is 17.7 Å². The van der Waals surface area contributed by atoms with Crippen LogP contribution in [0.5, 0.6) is 0 Å². The Morgan fingerprint density at radius 3 is 3.00 bits per heavy atom. The highest BCUT2D eigenvalue weighted by Crippen LogP contribution is 2.22. The molecule has 0 aliphatic carbocycles. The Balaban J connectivity index is 1.83. The van der Waals surface area contributed by atoms with Crippen LogP contribution in [-0.2, 0) is 6.54 Å². The van der Waals surface area contributed by atoms with Crippen LogP contribution in [0.15, 0.2) is 48.9 Å². The van der Waals surface area contributed by atoms with Gasteiger partial charge in [0.2, 0.25) is 0 Å². The molecule has 2 aromatic heterocycles. The van der Waals surface area contributed by atoms with Crippen LogP contribution in [0.25, 0.3) is 10.9 Å². The Morgan fingerprint density at radius 2 is 2.11 bits per heavy atom. The van der Waals surface area contributed by atoms with Crippen molar-refractivity contribution >= 4 is 28.2 Å². The fraction of sp³-hybridized carbons (Fsp3) is 0.0714. The van der Waals surface area contributed by atoms with Crippen molar-refractivity contribution in [3.05, 3.63) is 59.5 Å². The van der Waals surface area contributed by atoms with E-state index in [1.54, 1.807) is 18.5 Å². The first-order valence-electron chi connectivity index (χ1n) is 5.73. The highest BCUT2D eigenvalue weighted by atomic mass is 35.5. The molecule has 1 aromatic carbocycles. The molecule has 0 aliphatic rings. The minimum absolute atomic E-state index is 0.685. The fourth-order valence-corrected chi connectivity index (χ4v) is 2.15. The van der Waals surface area contributed by atoms with Gasteiger partial charge in [0, 0.05) is 29.8 Å². The van der Waals surface area contributed by atoms with E-state index in [9.17, 15) is 0 Å². The van der Waals surface area contributed by atoms with Crippen molar-refractivity contribution in [2.24, 2.45) is 0 Å². The maximum atomic E-state index is 6.07. The molecule has 0 aliphatic heterocycles. The molecular formula is C14H12ClN3. The maximum Gasteiger partial charge on any atom is 0.0718 e. The Hall–Kier alpha value is -2.00. The minimum Gasteiger partial charge on any atom is -0.378 e. The van der Waals surface area contributed by atoms with Crippen LogP contribution in [-0.4, -0.2) is 9.97 Å². The molecule has 0 saturated heterocycles. The van der Waals surface area contributed by atoms with Crippen LogP contribution in [0.4, 0.5) is 5.69 Å². The van der Waals surface area contributed by atoms with E-state index in [1.807, 2.05) is 18.3 Å². The lowest BCUT2D eigenvalue weighted by molar-refractivity contribution is 1.15. The van der Waals surface area contributed by atoms with Gasteiger partial charge in [-0.1, -0.05) is 29.8 Å². The van der Waals surface area contributed by atoms with Gasteiger partial charge in [-0.15, -0.1) is 0 Å². The number of hydrogen-bond donors (Lipinski definition) is 2. The maximum absolute atomic E-state index is 6.07. The molecule has 3 rings (SSSR count). The number of anilines is 1. The molecular weight excluding hydrogens is 246 g/mol. The van der Waals surface area contributed by atoms with Crippen molar-refractivity contribution in [3.8, 4) is 0 Å². The van der Waals surface area contributed by atoms with Crippen molar-refractivity contribution in [2.45, 2.75) is 6.54 Å². The molecule has 90 valence electrons. The van der Waals surface area contributed by atoms with E-state index in [4.69, 9.17) is 11.6 Å². The summed E-state index contributed by atoms with van der Waals surface area (Å²) >= 11 is 6.07. The lowest BCUT2D eigenvalue weighted by atomic mass is 10.2. The Morgan fingerprint density at radius 1 is 1.22 bits per heavy atom. The number of fused-ring (bicyclic) bond motifs is 1. The lowest BCUT2D eigenvalue weighted by Crippen LogP contribution is -1.99. The number of aromatic nitrogens is 2. The SMILES string of the molecule is Clc1ccncc1NCc1c[nH]c2ccccc12. The number of hydrogen-bond acceptors (Lipinski definition) is 2. The van der Waals surface area contributed by atoms with Crippen molar-refractivity contribution in [1.82, 2.24) is 9.97 Å². The van der Waals surface area contributed by atoms with E-state index < -0.39 is 0 Å². The van der Waals surface area contributed by atoms with Crippen LogP contribution in [0.1, 0.15) is 5.56 Å². The van der Waals surface area contributed by atoms with Crippen LogP contribution in [0, 0.1) is 0 Å². The molecule has 2 N–H and O–H groups in total. The third-order valence-corrected chi connectivity index (χ3v) is 3.24. The van der Waals surface area contributed by atoms with Gasteiger partial charge in [0.15, 0.2) is 0 Å². The third kappa shape index (κ3) is 2.05. The molecule has 0 saturated carbocycles. The summed E-state index contributed by atoms with van der Waals surface area (Å²) in [7, 11) is 0. The first-order chi connectivity index (χ1) is 8.84. The standard InChI is InChI=1S/C14H12ClN3/c15-12-5-6-16-9-14(12)18-8-10-7-17-13-4-2-1-3-11(10)13/h1-7,9,17-18H,8H2. The Labute approximate surface area is 110 Å². The predicted octanol–water partition coefficient (Wildman–Crippen LogP) is 3.83. The number of benzene rings is 1. The number of nitrogens with one attached hydrogen (secondary N) is 2. The number of H-pyrrole nitrogens is 1. The van der Waals surface area contributed by atoms with Gasteiger partial charge in [0.1, 0.15) is 0 Å². The summed E-state index contributed by atoms with van der Waals surface area (Å²) in [5, 5.41) is 5.20. The summed E-state index contributed by atoms with van der Waals surface area (Å²) < 4.78 is 0. The number of para-hydroxylation sites is 1. The van der Waals surface area contributed by atoms with Crippen molar-refractivity contribution in [1.29, 1.82) is 0 Å². The van der Waals surface area contributed by atoms with Gasteiger partial charge >= 0.3 is 0 Å². The molecule has 0 unspecified atom stereocenters. The van der Waals surface area contributed by atoms with Gasteiger partial charge in [-0.25, -0.2) is 0 Å². The van der Waals surface area contributed by atoms with Gasteiger partial charge in [-0.3, -0.25) is 4.98 Å². The summed E-state index contributed by atoms with van der Waals surface area (Å²) in [5.41, 5.74) is 3.21. The topological polar surface area (TPSA) is 40.7 Å². The zero-order valence-electron chi connectivity index (χ0n) is 9.65. The second-order valence-electron chi connectivity index (χ2n) is 4.07. The van der Waals surface area contributed by atoms with Gasteiger partial charge < -0.3 is 10.3 Å². The molecule has 18 heavy (non-hydrogen) atoms. The smallest absolute Gasteiger partial charge is 0.0718 e. The van der Waals surface area contributed by atoms with Gasteiger partial charge in [-0.05, 0) is 17.7 Å². The molecule has 3 nitrogen and oxygen atoms in total. The Kier molecular flexibility index (Phi) is 2.90. The highest BCUT2D eigenvalue weighted by molar-refractivity contribution is 6.33. The van der Waals surface area contributed by atoms with Gasteiger partial charge in [-0.2, -0.15) is 0 Å². The lowest BCUT2D eigenvalue weighted by Gasteiger charge is -2.06. The summed E-state index contributed by atoms with van der Waals surface area (Å²) in [6.07, 6.45) is 5.43. The molecule has 3 aromatic rings. The average molecular weight is 258 g/mol. The fourth-order valence-electron chi connectivity index (χ4n) is 1.98. The largest absolute Gasteiger partial charge is 0.378 e. The molecule has 0 amide bonds. The van der Waals surface area contributed by atoms with Crippen molar-refractivity contribution in [3.63, 3.8) is 0 Å². The third-order valence-electron chi connectivity index (χ3n) is 2.91. The molecule has 0 atom stereocenters. The molecule has 0 bridgehead atoms. The van der Waals surface area contributed by atoms with Crippen LogP contribution in [0.2, 0.25) is 5.02 Å². The number of halogens is 1. The highest BCUT2D eigenvalue weighted by Gasteiger charge is 2.04. The van der Waals surface area contributed by atoms with Gasteiger partial charge in [0.05, 0.1) is 16.9 Å². The Bertz CT molecular complexity index is 675. The van der Waals surface area contributed by atoms with Crippen molar-refractivity contribution < 1.29 is 0 Å². The number of rotatable bonds is 3. The van der Waals surface area contributed by atoms with Crippen LogP contribution < -0.4 is 5.32 Å².